The Balaban J connectivity index is 1.79. The van der Waals surface area contributed by atoms with E-state index in [0.29, 0.717) is 11.3 Å². The second-order valence-electron chi connectivity index (χ2n) is 5.32. The van der Waals surface area contributed by atoms with Crippen LogP contribution in [0.2, 0.25) is 0 Å². The monoisotopic (exact) mass is 338 g/mol. The molecule has 0 unspecified atom stereocenters. The third kappa shape index (κ3) is 3.54. The summed E-state index contributed by atoms with van der Waals surface area (Å²) in [5, 5.41) is 2.01. The molecule has 0 saturated carbocycles. The molecular weight excluding hydrogens is 320 g/mol. The topological polar surface area (TPSA) is 35.5 Å². The Labute approximate surface area is 145 Å². The molecule has 0 radical (unpaired) electrons. The summed E-state index contributed by atoms with van der Waals surface area (Å²) in [7, 11) is 1.56. The summed E-state index contributed by atoms with van der Waals surface area (Å²) in [5.74, 6) is 0.142. The van der Waals surface area contributed by atoms with Gasteiger partial charge in [0, 0.05) is 4.90 Å². The van der Waals surface area contributed by atoms with E-state index in [9.17, 15) is 4.79 Å². The molecule has 3 aromatic carbocycles. The minimum absolute atomic E-state index is 0.240. The lowest BCUT2D eigenvalue weighted by Crippen LogP contribution is -2.07. The lowest BCUT2D eigenvalue weighted by Gasteiger charge is -2.11. The predicted octanol–water partition coefficient (Wildman–Crippen LogP) is 4.93. The van der Waals surface area contributed by atoms with Crippen molar-refractivity contribution in [2.75, 3.05) is 13.4 Å². The summed E-state index contributed by atoms with van der Waals surface area (Å²) in [6.45, 7) is 0.240. The van der Waals surface area contributed by atoms with Gasteiger partial charge in [0.25, 0.3) is 0 Å². The summed E-state index contributed by atoms with van der Waals surface area (Å²) >= 11 is 1.68. The predicted molar refractivity (Wildman–Crippen MR) is 97.8 cm³/mol. The number of methoxy groups -OCH3 is 1. The van der Waals surface area contributed by atoms with Crippen LogP contribution in [0.25, 0.3) is 10.8 Å². The van der Waals surface area contributed by atoms with Crippen LogP contribution in [0.1, 0.15) is 15.9 Å². The van der Waals surface area contributed by atoms with Gasteiger partial charge in [0.15, 0.2) is 0 Å². The first kappa shape index (κ1) is 16.4. The molecule has 4 heteroatoms. The highest BCUT2D eigenvalue weighted by Crippen LogP contribution is 2.27. The number of rotatable bonds is 5. The Morgan fingerprint density at radius 3 is 2.29 bits per heavy atom. The van der Waals surface area contributed by atoms with Gasteiger partial charge in [-0.15, -0.1) is 11.8 Å². The molecule has 0 atom stereocenters. The highest BCUT2D eigenvalue weighted by molar-refractivity contribution is 7.98. The van der Waals surface area contributed by atoms with Crippen molar-refractivity contribution in [3.63, 3.8) is 0 Å². The van der Waals surface area contributed by atoms with Crippen molar-refractivity contribution in [3.8, 4) is 5.75 Å². The van der Waals surface area contributed by atoms with E-state index in [0.717, 1.165) is 16.3 Å². The molecule has 3 nitrogen and oxygen atoms in total. The standard InChI is InChI=1S/C20H18O3S/c1-22-19-12-16-6-4-3-5-15(16)11-18(19)20(21)23-13-14-7-9-17(24-2)10-8-14/h3-12H,13H2,1-2H3. The zero-order chi connectivity index (χ0) is 16.9. The van der Waals surface area contributed by atoms with Crippen LogP contribution in [0.3, 0.4) is 0 Å². The van der Waals surface area contributed by atoms with Crippen LogP contribution in [0, 0.1) is 0 Å². The maximum absolute atomic E-state index is 12.5. The smallest absolute Gasteiger partial charge is 0.342 e. The number of hydrogen-bond donors (Lipinski definition) is 0. The van der Waals surface area contributed by atoms with Gasteiger partial charge in [0.1, 0.15) is 17.9 Å². The molecular formula is C20H18O3S. The zero-order valence-electron chi connectivity index (χ0n) is 13.6. The van der Waals surface area contributed by atoms with Crippen LogP contribution in [0.15, 0.2) is 65.6 Å². The first-order valence-corrected chi connectivity index (χ1v) is 8.80. The summed E-state index contributed by atoms with van der Waals surface area (Å²) in [4.78, 5) is 13.6. The molecule has 0 aliphatic carbocycles. The number of ether oxygens (including phenoxy) is 2. The lowest BCUT2D eigenvalue weighted by molar-refractivity contribution is 0.0469. The quantitative estimate of drug-likeness (QED) is 0.488. The molecule has 0 aromatic heterocycles. The van der Waals surface area contributed by atoms with Gasteiger partial charge in [-0.05, 0) is 46.9 Å². The first-order chi connectivity index (χ1) is 11.7. The van der Waals surface area contributed by atoms with Gasteiger partial charge >= 0.3 is 5.97 Å². The Morgan fingerprint density at radius 2 is 1.67 bits per heavy atom. The molecule has 0 fully saturated rings. The summed E-state index contributed by atoms with van der Waals surface area (Å²) < 4.78 is 10.8. The van der Waals surface area contributed by atoms with E-state index in [1.54, 1.807) is 18.9 Å². The van der Waals surface area contributed by atoms with Gasteiger partial charge in [-0.2, -0.15) is 0 Å². The number of carbonyl (C=O) groups is 1. The summed E-state index contributed by atoms with van der Waals surface area (Å²) in [5.41, 5.74) is 1.40. The minimum atomic E-state index is -0.383. The number of esters is 1. The van der Waals surface area contributed by atoms with Crippen LogP contribution in [-0.4, -0.2) is 19.3 Å². The molecule has 0 N–H and O–H groups in total. The van der Waals surface area contributed by atoms with Gasteiger partial charge in [0.05, 0.1) is 7.11 Å². The van der Waals surface area contributed by atoms with Crippen LogP contribution < -0.4 is 4.74 Å². The van der Waals surface area contributed by atoms with E-state index in [1.165, 1.54) is 4.90 Å². The van der Waals surface area contributed by atoms with Gasteiger partial charge in [-0.1, -0.05) is 36.4 Å². The molecule has 0 amide bonds. The SMILES string of the molecule is COc1cc2ccccc2cc1C(=O)OCc1ccc(SC)cc1. The average Bonchev–Trinajstić information content (AvgIpc) is 2.65. The fourth-order valence-electron chi connectivity index (χ4n) is 2.50. The Hall–Kier alpha value is -2.46. The number of fused-ring (bicyclic) bond motifs is 1. The van der Waals surface area contributed by atoms with Crippen molar-refractivity contribution < 1.29 is 14.3 Å². The van der Waals surface area contributed by atoms with E-state index in [2.05, 4.69) is 0 Å². The molecule has 122 valence electrons. The van der Waals surface area contributed by atoms with E-state index >= 15 is 0 Å². The van der Waals surface area contributed by atoms with Crippen LogP contribution in [0.5, 0.6) is 5.75 Å². The van der Waals surface area contributed by atoms with Crippen molar-refractivity contribution in [2.45, 2.75) is 11.5 Å². The third-order valence-corrected chi connectivity index (χ3v) is 4.56. The van der Waals surface area contributed by atoms with Crippen molar-refractivity contribution >= 4 is 28.5 Å². The van der Waals surface area contributed by atoms with Gasteiger partial charge < -0.3 is 9.47 Å². The molecule has 0 spiro atoms. The zero-order valence-corrected chi connectivity index (χ0v) is 14.4. The molecule has 3 rings (SSSR count). The van der Waals surface area contributed by atoms with Crippen molar-refractivity contribution in [3.05, 3.63) is 71.8 Å². The third-order valence-electron chi connectivity index (χ3n) is 3.82. The summed E-state index contributed by atoms with van der Waals surface area (Å²) in [6.07, 6.45) is 2.03. The fourth-order valence-corrected chi connectivity index (χ4v) is 2.90. The second kappa shape index (κ2) is 7.41. The normalized spacial score (nSPS) is 10.6. The van der Waals surface area contributed by atoms with Crippen LogP contribution in [-0.2, 0) is 11.3 Å². The highest BCUT2D eigenvalue weighted by atomic mass is 32.2. The van der Waals surface area contributed by atoms with E-state index < -0.39 is 0 Å². The molecule has 0 aliphatic heterocycles. The van der Waals surface area contributed by atoms with Crippen molar-refractivity contribution in [1.29, 1.82) is 0 Å². The van der Waals surface area contributed by atoms with E-state index in [4.69, 9.17) is 9.47 Å². The van der Waals surface area contributed by atoms with Gasteiger partial charge in [-0.25, -0.2) is 4.79 Å². The first-order valence-electron chi connectivity index (χ1n) is 7.58. The highest BCUT2D eigenvalue weighted by Gasteiger charge is 2.15. The molecule has 0 heterocycles. The second-order valence-corrected chi connectivity index (χ2v) is 6.20. The van der Waals surface area contributed by atoms with E-state index in [1.807, 2.05) is 66.9 Å². The van der Waals surface area contributed by atoms with Crippen molar-refractivity contribution in [1.82, 2.24) is 0 Å². The Bertz CT molecular complexity index is 856. The largest absolute Gasteiger partial charge is 0.496 e. The maximum Gasteiger partial charge on any atom is 0.342 e. The number of carbonyl (C=O) groups excluding carboxylic acids is 1. The molecule has 0 bridgehead atoms. The van der Waals surface area contributed by atoms with E-state index in [-0.39, 0.29) is 12.6 Å². The number of thioether (sulfide) groups is 1. The summed E-state index contributed by atoms with van der Waals surface area (Å²) in [6, 6.07) is 19.5. The molecule has 3 aromatic rings. The van der Waals surface area contributed by atoms with Crippen LogP contribution in [0.4, 0.5) is 0 Å². The number of hydrogen-bond acceptors (Lipinski definition) is 4. The molecule has 0 saturated heterocycles. The van der Waals surface area contributed by atoms with Gasteiger partial charge in [0.2, 0.25) is 0 Å². The maximum atomic E-state index is 12.5. The lowest BCUT2D eigenvalue weighted by atomic mass is 10.1. The average molecular weight is 338 g/mol. The molecule has 24 heavy (non-hydrogen) atoms. The van der Waals surface area contributed by atoms with Crippen molar-refractivity contribution in [2.24, 2.45) is 0 Å². The Morgan fingerprint density at radius 1 is 1.00 bits per heavy atom. The Kier molecular flexibility index (Phi) is 5.06. The number of benzene rings is 3. The van der Waals surface area contributed by atoms with Gasteiger partial charge in [-0.3, -0.25) is 0 Å². The molecule has 0 aliphatic rings. The minimum Gasteiger partial charge on any atom is -0.496 e. The van der Waals surface area contributed by atoms with Crippen LogP contribution >= 0.6 is 11.8 Å². The fraction of sp³-hybridized carbons (Fsp3) is 0.150.